The third-order valence-corrected chi connectivity index (χ3v) is 3.40. The molecule has 1 atom stereocenters. The molecule has 1 saturated heterocycles. The molecule has 1 aromatic rings. The average molecular weight is 312 g/mol. The molecule has 1 aromatic carbocycles. The van der Waals surface area contributed by atoms with Crippen LogP contribution in [0.4, 0.5) is 5.69 Å². The van der Waals surface area contributed by atoms with Gasteiger partial charge in [0.1, 0.15) is 0 Å². The molecule has 1 unspecified atom stereocenters. The van der Waals surface area contributed by atoms with Gasteiger partial charge in [0, 0.05) is 31.2 Å². The van der Waals surface area contributed by atoms with Gasteiger partial charge in [-0.25, -0.2) is 0 Å². The number of benzene rings is 1. The molecule has 0 spiro atoms. The predicted octanol–water partition coefficient (Wildman–Crippen LogP) is 1.54. The fourth-order valence-electron chi connectivity index (χ4n) is 2.45. The summed E-state index contributed by atoms with van der Waals surface area (Å²) in [6.07, 6.45) is 0. The summed E-state index contributed by atoms with van der Waals surface area (Å²) in [7, 11) is 0. The van der Waals surface area contributed by atoms with E-state index in [0.717, 1.165) is 19.6 Å². The zero-order valence-electron chi connectivity index (χ0n) is 12.4. The summed E-state index contributed by atoms with van der Waals surface area (Å²) in [5.41, 5.74) is 1.14. The van der Waals surface area contributed by atoms with Crippen LogP contribution in [0.1, 0.15) is 24.2 Å². The predicted molar refractivity (Wildman–Crippen MR) is 86.2 cm³/mol. The van der Waals surface area contributed by atoms with Gasteiger partial charge in [-0.2, -0.15) is 0 Å². The summed E-state index contributed by atoms with van der Waals surface area (Å²) in [5, 5.41) is 6.17. The van der Waals surface area contributed by atoms with E-state index in [-0.39, 0.29) is 24.1 Å². The van der Waals surface area contributed by atoms with Gasteiger partial charge in [0.05, 0.1) is 12.2 Å². The van der Waals surface area contributed by atoms with Gasteiger partial charge in [-0.05, 0) is 26.0 Å². The Morgan fingerprint density at radius 1 is 1.38 bits per heavy atom. The molecular weight excluding hydrogens is 290 g/mol. The van der Waals surface area contributed by atoms with Crippen molar-refractivity contribution < 1.29 is 9.59 Å². The van der Waals surface area contributed by atoms with Crippen LogP contribution in [-0.2, 0) is 4.79 Å². The number of Topliss-reactive ketones (excluding diaryl/α,β-unsaturated/α-hetero) is 1. The molecule has 0 aliphatic carbocycles. The highest BCUT2D eigenvalue weighted by molar-refractivity contribution is 6.04. The van der Waals surface area contributed by atoms with Crippen LogP contribution in [0.15, 0.2) is 24.3 Å². The number of ketones is 1. The molecule has 1 fully saturated rings. The number of piperazine rings is 1. The molecular formula is C15H22ClN3O2. The Labute approximate surface area is 131 Å². The van der Waals surface area contributed by atoms with E-state index in [1.165, 1.54) is 6.92 Å². The molecule has 2 N–H and O–H groups in total. The number of halogens is 1. The second-order valence-corrected chi connectivity index (χ2v) is 5.24. The van der Waals surface area contributed by atoms with Crippen LogP contribution in [-0.4, -0.2) is 48.8 Å². The van der Waals surface area contributed by atoms with Crippen LogP contribution in [0.3, 0.4) is 0 Å². The lowest BCUT2D eigenvalue weighted by atomic mass is 10.1. The van der Waals surface area contributed by atoms with Crippen LogP contribution in [0, 0.1) is 0 Å². The number of carbonyl (C=O) groups excluding carboxylic acids is 2. The van der Waals surface area contributed by atoms with Crippen molar-refractivity contribution in [3.63, 3.8) is 0 Å². The van der Waals surface area contributed by atoms with Crippen LogP contribution in [0.25, 0.3) is 0 Å². The van der Waals surface area contributed by atoms with Crippen molar-refractivity contribution in [2.75, 3.05) is 31.5 Å². The number of hydrogen-bond acceptors (Lipinski definition) is 4. The third kappa shape index (κ3) is 5.12. The maximum absolute atomic E-state index is 12.1. The molecule has 21 heavy (non-hydrogen) atoms. The van der Waals surface area contributed by atoms with Crippen molar-refractivity contribution in [1.82, 2.24) is 10.2 Å². The summed E-state index contributed by atoms with van der Waals surface area (Å²) < 4.78 is 0. The lowest BCUT2D eigenvalue weighted by molar-refractivity contribution is -0.117. The smallest absolute Gasteiger partial charge is 0.238 e. The van der Waals surface area contributed by atoms with Gasteiger partial charge in [-0.15, -0.1) is 12.4 Å². The number of para-hydroxylation sites is 1. The Balaban J connectivity index is 0.00000220. The first-order valence-electron chi connectivity index (χ1n) is 6.92. The maximum Gasteiger partial charge on any atom is 0.238 e. The molecule has 1 aliphatic heterocycles. The fourth-order valence-corrected chi connectivity index (χ4v) is 2.45. The van der Waals surface area contributed by atoms with Crippen molar-refractivity contribution in [3.8, 4) is 0 Å². The standard InChI is InChI=1S/C15H21N3O2.ClH/c1-11-9-18(8-7-16-11)10-15(20)17-14-6-4-3-5-13(14)12(2)19;/h3-6,11,16H,7-10H2,1-2H3,(H,17,20);1H. The van der Waals surface area contributed by atoms with Gasteiger partial charge in [0.15, 0.2) is 5.78 Å². The van der Waals surface area contributed by atoms with E-state index in [2.05, 4.69) is 22.5 Å². The average Bonchev–Trinajstić information content (AvgIpc) is 2.38. The summed E-state index contributed by atoms with van der Waals surface area (Å²) >= 11 is 0. The maximum atomic E-state index is 12.1. The van der Waals surface area contributed by atoms with Gasteiger partial charge in [-0.3, -0.25) is 14.5 Å². The van der Waals surface area contributed by atoms with E-state index in [9.17, 15) is 9.59 Å². The molecule has 0 radical (unpaired) electrons. The van der Waals surface area contributed by atoms with Crippen molar-refractivity contribution in [3.05, 3.63) is 29.8 Å². The summed E-state index contributed by atoms with van der Waals surface area (Å²) in [4.78, 5) is 25.7. The van der Waals surface area contributed by atoms with E-state index < -0.39 is 0 Å². The highest BCUT2D eigenvalue weighted by Gasteiger charge is 2.18. The van der Waals surface area contributed by atoms with Gasteiger partial charge < -0.3 is 10.6 Å². The molecule has 0 aromatic heterocycles. The number of hydrogen-bond donors (Lipinski definition) is 2. The lowest BCUT2D eigenvalue weighted by Crippen LogP contribution is -2.51. The Kier molecular flexibility index (Phi) is 6.81. The van der Waals surface area contributed by atoms with E-state index >= 15 is 0 Å². The Bertz CT molecular complexity index is 507. The Morgan fingerprint density at radius 2 is 2.10 bits per heavy atom. The highest BCUT2D eigenvalue weighted by Crippen LogP contribution is 2.15. The van der Waals surface area contributed by atoms with Gasteiger partial charge in [0.2, 0.25) is 5.91 Å². The lowest BCUT2D eigenvalue weighted by Gasteiger charge is -2.31. The first-order valence-corrected chi connectivity index (χ1v) is 6.92. The first kappa shape index (κ1) is 17.6. The van der Waals surface area contributed by atoms with Crippen molar-refractivity contribution in [1.29, 1.82) is 0 Å². The van der Waals surface area contributed by atoms with Gasteiger partial charge in [0.25, 0.3) is 0 Å². The SMILES string of the molecule is CC(=O)c1ccccc1NC(=O)CN1CCNC(C)C1.Cl. The number of nitrogens with zero attached hydrogens (tertiary/aromatic N) is 1. The molecule has 0 bridgehead atoms. The molecule has 116 valence electrons. The highest BCUT2D eigenvalue weighted by atomic mass is 35.5. The topological polar surface area (TPSA) is 61.4 Å². The number of amides is 1. The molecule has 1 heterocycles. The number of anilines is 1. The first-order chi connectivity index (χ1) is 9.56. The zero-order valence-corrected chi connectivity index (χ0v) is 13.2. The van der Waals surface area contributed by atoms with Crippen LogP contribution < -0.4 is 10.6 Å². The minimum Gasteiger partial charge on any atom is -0.324 e. The molecule has 2 rings (SSSR count). The van der Waals surface area contributed by atoms with Crippen LogP contribution in [0.5, 0.6) is 0 Å². The van der Waals surface area contributed by atoms with E-state index in [1.54, 1.807) is 18.2 Å². The molecule has 5 nitrogen and oxygen atoms in total. The van der Waals surface area contributed by atoms with Gasteiger partial charge in [-0.1, -0.05) is 12.1 Å². The largest absolute Gasteiger partial charge is 0.324 e. The van der Waals surface area contributed by atoms with Crippen molar-refractivity contribution in [2.24, 2.45) is 0 Å². The monoisotopic (exact) mass is 311 g/mol. The van der Waals surface area contributed by atoms with E-state index in [0.29, 0.717) is 23.8 Å². The summed E-state index contributed by atoms with van der Waals surface area (Å²) in [6.45, 7) is 6.60. The van der Waals surface area contributed by atoms with Crippen LogP contribution in [0.2, 0.25) is 0 Å². The molecule has 1 amide bonds. The number of rotatable bonds is 4. The molecule has 1 aliphatic rings. The molecule has 6 heteroatoms. The number of carbonyl (C=O) groups is 2. The second-order valence-electron chi connectivity index (χ2n) is 5.24. The fraction of sp³-hybridized carbons (Fsp3) is 0.467. The quantitative estimate of drug-likeness (QED) is 0.828. The zero-order chi connectivity index (χ0) is 14.5. The Morgan fingerprint density at radius 3 is 2.76 bits per heavy atom. The number of nitrogens with one attached hydrogen (secondary N) is 2. The summed E-state index contributed by atoms with van der Waals surface area (Å²) in [5.74, 6) is -0.121. The minimum absolute atomic E-state index is 0. The van der Waals surface area contributed by atoms with Crippen molar-refractivity contribution >= 4 is 29.8 Å². The van der Waals surface area contributed by atoms with Crippen LogP contribution >= 0.6 is 12.4 Å². The minimum atomic E-state index is -0.0761. The normalized spacial score (nSPS) is 18.7. The second kappa shape index (κ2) is 8.12. The Hall–Kier alpha value is -1.43. The van der Waals surface area contributed by atoms with E-state index in [4.69, 9.17) is 0 Å². The van der Waals surface area contributed by atoms with Crippen molar-refractivity contribution in [2.45, 2.75) is 19.9 Å². The van der Waals surface area contributed by atoms with Gasteiger partial charge >= 0.3 is 0 Å². The van der Waals surface area contributed by atoms with E-state index in [1.807, 2.05) is 6.07 Å². The third-order valence-electron chi connectivity index (χ3n) is 3.40. The summed E-state index contributed by atoms with van der Waals surface area (Å²) in [6, 6.07) is 7.50. The molecule has 0 saturated carbocycles.